The van der Waals surface area contributed by atoms with Crippen molar-refractivity contribution in [3.8, 4) is 0 Å². The average molecular weight is 428 g/mol. The van der Waals surface area contributed by atoms with Gasteiger partial charge in [-0.25, -0.2) is 13.8 Å². The van der Waals surface area contributed by atoms with E-state index in [1.54, 1.807) is 10.9 Å². The third-order valence-corrected chi connectivity index (χ3v) is 6.63. The van der Waals surface area contributed by atoms with Crippen LogP contribution in [0, 0.1) is 18.6 Å². The molecular weight excluding hydrogens is 404 g/mol. The highest BCUT2D eigenvalue weighted by atomic mass is 32.2. The Balaban J connectivity index is 1.93. The van der Waals surface area contributed by atoms with Gasteiger partial charge in [-0.2, -0.15) is 10.2 Å². The minimum absolute atomic E-state index is 0.148. The summed E-state index contributed by atoms with van der Waals surface area (Å²) in [5.74, 6) is -0.209. The van der Waals surface area contributed by atoms with Crippen LogP contribution in [0.15, 0.2) is 59.8 Å². The predicted molar refractivity (Wildman–Crippen MR) is 117 cm³/mol. The van der Waals surface area contributed by atoms with Gasteiger partial charge in [0.2, 0.25) is 0 Å². The molecule has 2 heterocycles. The molecule has 0 saturated heterocycles. The number of nitrogens with zero attached hydrogens (tertiary/aromatic N) is 4. The van der Waals surface area contributed by atoms with Crippen LogP contribution >= 0.6 is 11.8 Å². The highest BCUT2D eigenvalue weighted by Crippen LogP contribution is 2.52. The van der Waals surface area contributed by atoms with E-state index < -0.39 is 16.5 Å². The van der Waals surface area contributed by atoms with Gasteiger partial charge in [0, 0.05) is 18.2 Å². The second-order valence-corrected chi connectivity index (χ2v) is 8.53. The highest BCUT2D eigenvalue weighted by molar-refractivity contribution is 8.15. The summed E-state index contributed by atoms with van der Waals surface area (Å²) in [5.41, 5.74) is 7.97. The lowest BCUT2D eigenvalue weighted by Crippen LogP contribution is -2.39. The summed E-state index contributed by atoms with van der Waals surface area (Å²) in [6, 6.07) is 13.4. The molecule has 4 rings (SSSR count). The van der Waals surface area contributed by atoms with Gasteiger partial charge in [-0.3, -0.25) is 4.68 Å². The molecule has 1 aliphatic heterocycles. The summed E-state index contributed by atoms with van der Waals surface area (Å²) < 4.78 is 30.3. The Bertz CT molecular complexity index is 1060. The molecule has 2 N–H and O–H groups in total. The monoisotopic (exact) mass is 427 g/mol. The summed E-state index contributed by atoms with van der Waals surface area (Å²) in [6.07, 6.45) is 3.19. The maximum absolute atomic E-state index is 14.6. The van der Waals surface area contributed by atoms with Crippen molar-refractivity contribution in [2.24, 2.45) is 17.9 Å². The molecule has 1 aromatic heterocycles. The molecule has 0 spiro atoms. The van der Waals surface area contributed by atoms with Crippen molar-refractivity contribution in [3.05, 3.63) is 83.1 Å². The molecule has 156 valence electrons. The molecule has 1 unspecified atom stereocenters. The number of hydrazone groups is 1. The Kier molecular flexibility index (Phi) is 5.62. The number of nitrogens with two attached hydrogens (primary N) is 1. The lowest BCUT2D eigenvalue weighted by molar-refractivity contribution is 0.513. The fourth-order valence-electron chi connectivity index (χ4n) is 3.75. The van der Waals surface area contributed by atoms with E-state index >= 15 is 0 Å². The van der Waals surface area contributed by atoms with Crippen LogP contribution in [0.2, 0.25) is 0 Å². The lowest BCUT2D eigenvalue weighted by atomic mass is 10.00. The topological polar surface area (TPSA) is 59.4 Å². The average Bonchev–Trinajstić information content (AvgIpc) is 3.29. The van der Waals surface area contributed by atoms with Gasteiger partial charge in [-0.1, -0.05) is 42.1 Å². The third-order valence-electron chi connectivity index (χ3n) is 5.19. The second-order valence-electron chi connectivity index (χ2n) is 7.26. The van der Waals surface area contributed by atoms with E-state index in [0.717, 1.165) is 35.5 Å². The number of hydrogen-bond donors (Lipinski definition) is 1. The Morgan fingerprint density at radius 1 is 1.13 bits per heavy atom. The minimum atomic E-state index is -0.659. The van der Waals surface area contributed by atoms with Crippen molar-refractivity contribution in [1.29, 1.82) is 0 Å². The van der Waals surface area contributed by atoms with E-state index in [0.29, 0.717) is 18.0 Å². The van der Waals surface area contributed by atoms with Crippen LogP contribution in [0.3, 0.4) is 0 Å². The molecule has 0 radical (unpaired) electrons. The maximum atomic E-state index is 14.6. The van der Waals surface area contributed by atoms with Gasteiger partial charge < -0.3 is 5.73 Å². The molecule has 5 nitrogen and oxygen atoms in total. The van der Waals surface area contributed by atoms with Crippen LogP contribution in [0.1, 0.15) is 29.5 Å². The zero-order valence-corrected chi connectivity index (χ0v) is 17.7. The predicted octanol–water partition coefficient (Wildman–Crippen LogP) is 4.51. The highest BCUT2D eigenvalue weighted by Gasteiger charge is 2.47. The first-order chi connectivity index (χ1) is 14.5. The standard InChI is InChI=1S/C22H23F2N5S/c1-15-14-26-28(2)21(15)29-22(11-6-12-25,16-7-4-3-5-8-16)30-20(27-29)18-13-17(23)9-10-19(18)24/h3-5,7-10,13-14H,6,11-12,25H2,1-2H3. The third kappa shape index (κ3) is 3.50. The molecule has 0 saturated carbocycles. The number of thioether (sulfide) groups is 1. The Morgan fingerprint density at radius 2 is 1.90 bits per heavy atom. The van der Waals surface area contributed by atoms with Crippen molar-refractivity contribution in [2.75, 3.05) is 11.6 Å². The van der Waals surface area contributed by atoms with E-state index in [1.807, 2.05) is 49.3 Å². The zero-order chi connectivity index (χ0) is 21.3. The van der Waals surface area contributed by atoms with Crippen molar-refractivity contribution < 1.29 is 8.78 Å². The van der Waals surface area contributed by atoms with Crippen LogP contribution < -0.4 is 10.7 Å². The first-order valence-electron chi connectivity index (χ1n) is 9.74. The van der Waals surface area contributed by atoms with Crippen molar-refractivity contribution in [1.82, 2.24) is 9.78 Å². The van der Waals surface area contributed by atoms with Crippen molar-refractivity contribution in [3.63, 3.8) is 0 Å². The minimum Gasteiger partial charge on any atom is -0.330 e. The lowest BCUT2D eigenvalue weighted by Gasteiger charge is -2.37. The number of aryl methyl sites for hydroxylation is 2. The molecule has 0 bridgehead atoms. The second kappa shape index (κ2) is 8.20. The van der Waals surface area contributed by atoms with Gasteiger partial charge in [0.25, 0.3) is 0 Å². The molecule has 0 fully saturated rings. The molecule has 0 amide bonds. The fourth-order valence-corrected chi connectivity index (χ4v) is 5.17. The summed E-state index contributed by atoms with van der Waals surface area (Å²) in [5, 5.41) is 11.5. The molecular formula is C22H23F2N5S. The summed E-state index contributed by atoms with van der Waals surface area (Å²) in [7, 11) is 1.85. The van der Waals surface area contributed by atoms with Crippen LogP contribution in [0.4, 0.5) is 14.6 Å². The number of hydrogen-bond acceptors (Lipinski definition) is 5. The Morgan fingerprint density at radius 3 is 2.57 bits per heavy atom. The Hall–Kier alpha value is -2.71. The van der Waals surface area contributed by atoms with E-state index in [2.05, 4.69) is 5.10 Å². The molecule has 1 atom stereocenters. The number of halogens is 2. The van der Waals surface area contributed by atoms with Crippen LogP contribution in [-0.2, 0) is 11.9 Å². The van der Waals surface area contributed by atoms with Crippen LogP contribution in [0.25, 0.3) is 0 Å². The molecule has 1 aliphatic rings. The molecule has 3 aromatic rings. The molecule has 0 aliphatic carbocycles. The van der Waals surface area contributed by atoms with Gasteiger partial charge >= 0.3 is 0 Å². The summed E-state index contributed by atoms with van der Waals surface area (Å²) in [6.45, 7) is 2.47. The van der Waals surface area contributed by atoms with Gasteiger partial charge in [0.1, 0.15) is 21.5 Å². The van der Waals surface area contributed by atoms with Gasteiger partial charge in [0.15, 0.2) is 5.82 Å². The van der Waals surface area contributed by atoms with Crippen molar-refractivity contribution in [2.45, 2.75) is 24.6 Å². The zero-order valence-electron chi connectivity index (χ0n) is 16.8. The largest absolute Gasteiger partial charge is 0.330 e. The Labute approximate surface area is 178 Å². The van der Waals surface area contributed by atoms with Gasteiger partial charge in [-0.05, 0) is 50.1 Å². The number of anilines is 1. The number of aromatic nitrogens is 2. The SMILES string of the molecule is Cc1cnn(C)c1N1N=C(c2cc(F)ccc2F)SC1(CCCN)c1ccccc1. The molecule has 8 heteroatoms. The number of benzene rings is 2. The van der Waals surface area contributed by atoms with E-state index in [1.165, 1.54) is 17.8 Å². The normalized spacial score (nSPS) is 18.7. The van der Waals surface area contributed by atoms with Crippen LogP contribution in [0.5, 0.6) is 0 Å². The van der Waals surface area contributed by atoms with E-state index in [4.69, 9.17) is 10.8 Å². The number of rotatable bonds is 6. The summed E-state index contributed by atoms with van der Waals surface area (Å²) >= 11 is 1.42. The first kappa shape index (κ1) is 20.6. The maximum Gasteiger partial charge on any atom is 0.151 e. The van der Waals surface area contributed by atoms with Crippen molar-refractivity contribution >= 4 is 22.6 Å². The smallest absolute Gasteiger partial charge is 0.151 e. The van der Waals surface area contributed by atoms with Gasteiger partial charge in [0.05, 0.1) is 6.20 Å². The molecule has 2 aromatic carbocycles. The summed E-state index contributed by atoms with van der Waals surface area (Å²) in [4.78, 5) is -0.659. The van der Waals surface area contributed by atoms with Gasteiger partial charge in [-0.15, -0.1) is 0 Å². The molecule has 30 heavy (non-hydrogen) atoms. The van der Waals surface area contributed by atoms with E-state index in [-0.39, 0.29) is 5.56 Å². The quantitative estimate of drug-likeness (QED) is 0.629. The fraction of sp³-hybridized carbons (Fsp3) is 0.273. The van der Waals surface area contributed by atoms with E-state index in [9.17, 15) is 8.78 Å². The van der Waals surface area contributed by atoms with Crippen LogP contribution in [-0.4, -0.2) is 21.4 Å². The first-order valence-corrected chi connectivity index (χ1v) is 10.6.